The van der Waals surface area contributed by atoms with Crippen molar-refractivity contribution in [1.29, 1.82) is 0 Å². The number of para-hydroxylation sites is 7. The molecule has 0 spiro atoms. The monoisotopic (exact) mass is 1070 g/mol. The van der Waals surface area contributed by atoms with Crippen molar-refractivity contribution in [1.82, 2.24) is 0 Å². The van der Waals surface area contributed by atoms with Crippen molar-refractivity contribution < 1.29 is 23.4 Å². The van der Waals surface area contributed by atoms with Crippen LogP contribution < -0.4 is 28.7 Å². The van der Waals surface area contributed by atoms with Crippen LogP contribution in [0.15, 0.2) is 274 Å². The third-order valence-electron chi connectivity index (χ3n) is 14.1. The molecular formula is C66H38N2O5S4. The van der Waals surface area contributed by atoms with Crippen LogP contribution in [0, 0.1) is 0 Å². The smallest absolute Gasteiger partial charge is 0.194 e. The number of anilines is 6. The molecule has 16 rings (SSSR count). The van der Waals surface area contributed by atoms with Crippen molar-refractivity contribution in [2.24, 2.45) is 0 Å². The number of rotatable bonds is 7. The fourth-order valence-corrected chi connectivity index (χ4v) is 15.0. The van der Waals surface area contributed by atoms with Crippen molar-refractivity contribution in [3.8, 4) is 57.1 Å². The zero-order valence-electron chi connectivity index (χ0n) is 40.5. The fraction of sp³-hybridized carbons (Fsp3) is 0. The van der Waals surface area contributed by atoms with Gasteiger partial charge in [0.1, 0.15) is 5.58 Å². The van der Waals surface area contributed by atoms with E-state index in [1.165, 1.54) is 39.2 Å². The molecule has 0 unspecified atom stereocenters. The van der Waals surface area contributed by atoms with Crippen LogP contribution in [0.3, 0.4) is 0 Å². The second-order valence-electron chi connectivity index (χ2n) is 18.8. The summed E-state index contributed by atoms with van der Waals surface area (Å²) in [7, 11) is 0. The summed E-state index contributed by atoms with van der Waals surface area (Å²) in [6.45, 7) is 0. The first-order chi connectivity index (χ1) is 38.1. The Morgan fingerprint density at radius 3 is 1.26 bits per heavy atom. The van der Waals surface area contributed by atoms with Gasteiger partial charge in [-0.05, 0) is 151 Å². The predicted molar refractivity (Wildman–Crippen MR) is 311 cm³/mol. The van der Waals surface area contributed by atoms with Crippen LogP contribution in [0.4, 0.5) is 34.1 Å². The molecule has 7 nitrogen and oxygen atoms in total. The Kier molecular flexibility index (Phi) is 10.5. The molecule has 11 heteroatoms. The molecule has 5 heterocycles. The number of benzene rings is 11. The summed E-state index contributed by atoms with van der Waals surface area (Å²) < 4.78 is 33.4. The maximum absolute atomic E-state index is 6.99. The summed E-state index contributed by atoms with van der Waals surface area (Å²) in [6, 6.07) is 80.1. The summed E-state index contributed by atoms with van der Waals surface area (Å²) in [6.07, 6.45) is 0. The van der Waals surface area contributed by atoms with Crippen molar-refractivity contribution in [3.63, 3.8) is 0 Å². The molecule has 0 N–H and O–H groups in total. The Balaban J connectivity index is 0.862. The van der Waals surface area contributed by atoms with Crippen molar-refractivity contribution >= 4 is 103 Å². The van der Waals surface area contributed by atoms with E-state index < -0.39 is 0 Å². The van der Waals surface area contributed by atoms with E-state index in [9.17, 15) is 0 Å². The highest BCUT2D eigenvalue weighted by Gasteiger charge is 2.32. The van der Waals surface area contributed by atoms with Gasteiger partial charge >= 0.3 is 0 Å². The number of furan rings is 1. The Bertz CT molecular complexity index is 4210. The van der Waals surface area contributed by atoms with Crippen LogP contribution in [0.5, 0.6) is 46.0 Å². The number of hydrogen-bond donors (Lipinski definition) is 0. The van der Waals surface area contributed by atoms with Crippen LogP contribution >= 0.6 is 47.0 Å². The number of hydrogen-bond acceptors (Lipinski definition) is 11. The lowest BCUT2D eigenvalue weighted by Crippen LogP contribution is -2.14. The van der Waals surface area contributed by atoms with Gasteiger partial charge in [-0.3, -0.25) is 0 Å². The first-order valence-electron chi connectivity index (χ1n) is 25.1. The molecule has 0 radical (unpaired) electrons. The SMILES string of the molecule is c1ccc2c(c1)Oc1cccc(N(c3ccc(-c4cc(N(c5ccc6c(c5)Sc5ccccc5S6)c5ccc6c(c5)Sc5ccccc5S6)c5oc6ccccc6c5c4)cc3)c3cccc4c3Oc3ccccc3O4)c1O2. The lowest BCUT2D eigenvalue weighted by Gasteiger charge is -2.32. The molecule has 4 aliphatic heterocycles. The second-order valence-corrected chi connectivity index (χ2v) is 23.1. The fourth-order valence-electron chi connectivity index (χ4n) is 10.5. The lowest BCUT2D eigenvalue weighted by atomic mass is 10.00. The molecule has 0 atom stereocenters. The van der Waals surface area contributed by atoms with Gasteiger partial charge < -0.3 is 33.2 Å². The van der Waals surface area contributed by atoms with Gasteiger partial charge in [-0.2, -0.15) is 0 Å². The molecule has 1 aromatic heterocycles. The van der Waals surface area contributed by atoms with Gasteiger partial charge in [0.05, 0.1) is 17.1 Å². The van der Waals surface area contributed by atoms with Gasteiger partial charge in [0.25, 0.3) is 0 Å². The van der Waals surface area contributed by atoms with Gasteiger partial charge in [0.2, 0.25) is 0 Å². The van der Waals surface area contributed by atoms with Crippen molar-refractivity contribution in [3.05, 3.63) is 231 Å². The topological polar surface area (TPSA) is 56.5 Å². The Labute approximate surface area is 460 Å². The molecule has 366 valence electrons. The minimum Gasteiger partial charge on any atom is -0.454 e. The second kappa shape index (κ2) is 18.0. The summed E-state index contributed by atoms with van der Waals surface area (Å²) in [5.74, 6) is 4.96. The molecule has 11 aromatic carbocycles. The predicted octanol–water partition coefficient (Wildman–Crippen LogP) is 21.2. The third-order valence-corrected chi connectivity index (χ3v) is 19.2. The van der Waals surface area contributed by atoms with E-state index in [2.05, 4.69) is 149 Å². The average Bonchev–Trinajstić information content (AvgIpc) is 3.99. The van der Waals surface area contributed by atoms with Crippen LogP contribution in [-0.2, 0) is 0 Å². The molecule has 0 amide bonds. The molecule has 12 aromatic rings. The zero-order valence-corrected chi connectivity index (χ0v) is 43.8. The molecule has 0 bridgehead atoms. The van der Waals surface area contributed by atoms with E-state index in [0.29, 0.717) is 46.0 Å². The Morgan fingerprint density at radius 1 is 0.273 bits per heavy atom. The van der Waals surface area contributed by atoms with Crippen molar-refractivity contribution in [2.75, 3.05) is 9.80 Å². The van der Waals surface area contributed by atoms with Crippen LogP contribution in [-0.4, -0.2) is 0 Å². The molecule has 0 saturated carbocycles. The van der Waals surface area contributed by atoms with E-state index in [0.717, 1.165) is 67.2 Å². The summed E-state index contributed by atoms with van der Waals surface area (Å²) >= 11 is 7.30. The lowest BCUT2D eigenvalue weighted by molar-refractivity contribution is 0.358. The number of nitrogens with zero attached hydrogens (tertiary/aromatic N) is 2. The van der Waals surface area contributed by atoms with E-state index in [-0.39, 0.29) is 0 Å². The van der Waals surface area contributed by atoms with Crippen LogP contribution in [0.25, 0.3) is 33.1 Å². The van der Waals surface area contributed by atoms with Gasteiger partial charge in [-0.1, -0.05) is 138 Å². The maximum atomic E-state index is 6.99. The Hall–Kier alpha value is -8.58. The Morgan fingerprint density at radius 2 is 0.714 bits per heavy atom. The third kappa shape index (κ3) is 7.63. The summed E-state index contributed by atoms with van der Waals surface area (Å²) in [5, 5.41) is 2.07. The molecule has 77 heavy (non-hydrogen) atoms. The zero-order chi connectivity index (χ0) is 50.6. The quantitative estimate of drug-likeness (QED) is 0.153. The molecule has 4 aliphatic rings. The number of fused-ring (bicyclic) bond motifs is 11. The van der Waals surface area contributed by atoms with E-state index in [1.54, 1.807) is 0 Å². The highest BCUT2D eigenvalue weighted by Crippen LogP contribution is 2.58. The highest BCUT2D eigenvalue weighted by molar-refractivity contribution is 8.05. The molecule has 0 saturated heterocycles. The summed E-state index contributed by atoms with van der Waals surface area (Å²) in [5.41, 5.74) is 9.10. The molecule has 0 aliphatic carbocycles. The van der Waals surface area contributed by atoms with Gasteiger partial charge in [0.15, 0.2) is 51.6 Å². The van der Waals surface area contributed by atoms with E-state index in [1.807, 2.05) is 138 Å². The van der Waals surface area contributed by atoms with Gasteiger partial charge in [-0.15, -0.1) is 0 Å². The molecular weight excluding hydrogens is 1030 g/mol. The van der Waals surface area contributed by atoms with E-state index >= 15 is 0 Å². The minimum absolute atomic E-state index is 0.582. The number of ether oxygens (including phenoxy) is 4. The summed E-state index contributed by atoms with van der Waals surface area (Å²) in [4.78, 5) is 14.5. The first-order valence-corrected chi connectivity index (χ1v) is 28.4. The van der Waals surface area contributed by atoms with Crippen molar-refractivity contribution in [2.45, 2.75) is 39.2 Å². The first kappa shape index (κ1) is 44.7. The van der Waals surface area contributed by atoms with Crippen LogP contribution in [0.1, 0.15) is 0 Å². The molecule has 0 fully saturated rings. The van der Waals surface area contributed by atoms with E-state index in [4.69, 9.17) is 23.4 Å². The largest absolute Gasteiger partial charge is 0.454 e. The standard InChI is InChI=1S/C66H38N2O5S4/c1-2-16-49-44(13-1)45-35-40(36-48(64(45)71-49)67(42-31-33-60-62(37-42)76-58-25-9-7-23-56(58)74-60)43-32-34-61-63(38-43)77-59-26-10-8-24-57(59)75-61)39-27-29-41(30-28-39)68(46-14-11-21-54-65(46)72-52-19-5-3-17-50(52)69-54)47-15-12-22-55-66(47)73-53-20-6-4-18-51(53)70-55/h1-38H. The van der Waals surface area contributed by atoms with Crippen LogP contribution in [0.2, 0.25) is 0 Å². The van der Waals surface area contributed by atoms with Gasteiger partial charge in [-0.25, -0.2) is 0 Å². The normalized spacial score (nSPS) is 13.1. The highest BCUT2D eigenvalue weighted by atomic mass is 32.2. The average molecular weight is 1070 g/mol. The minimum atomic E-state index is 0.582. The maximum Gasteiger partial charge on any atom is 0.194 e. The van der Waals surface area contributed by atoms with Gasteiger partial charge in [0, 0.05) is 67.0 Å².